The summed E-state index contributed by atoms with van der Waals surface area (Å²) in [7, 11) is 1.52. The second-order valence-electron chi connectivity index (χ2n) is 10.0. The van der Waals surface area contributed by atoms with Crippen molar-refractivity contribution in [3.05, 3.63) is 77.5 Å². The fourth-order valence-corrected chi connectivity index (χ4v) is 4.91. The molecule has 0 unspecified atom stereocenters. The van der Waals surface area contributed by atoms with Crippen molar-refractivity contribution < 1.29 is 28.6 Å². The quantitative estimate of drug-likeness (QED) is 0.433. The van der Waals surface area contributed by atoms with Gasteiger partial charge in [0.1, 0.15) is 23.4 Å². The maximum atomic E-state index is 13.2. The van der Waals surface area contributed by atoms with Gasteiger partial charge >= 0.3 is 0 Å². The van der Waals surface area contributed by atoms with Crippen LogP contribution in [0.3, 0.4) is 0 Å². The van der Waals surface area contributed by atoms with Crippen molar-refractivity contribution in [3.63, 3.8) is 0 Å². The molecule has 11 nitrogen and oxygen atoms in total. The number of benzene rings is 2. The summed E-state index contributed by atoms with van der Waals surface area (Å²) in [6, 6.07) is 17.2. The monoisotopic (exact) mass is 559 g/mol. The highest BCUT2D eigenvalue weighted by Gasteiger charge is 2.35. The third kappa shape index (κ3) is 7.05. The van der Waals surface area contributed by atoms with E-state index in [2.05, 4.69) is 15.6 Å². The summed E-state index contributed by atoms with van der Waals surface area (Å²) in [5.74, 6) is 1.05. The maximum Gasteiger partial charge on any atom is 0.272 e. The summed E-state index contributed by atoms with van der Waals surface area (Å²) in [6.45, 7) is 0.761. The summed E-state index contributed by atoms with van der Waals surface area (Å²) in [5, 5.41) is 5.95. The number of nitrogens with zero attached hydrogens (tertiary/aromatic N) is 2. The Hall–Kier alpha value is -4.80. The number of hydrogen-bond donors (Lipinski definition) is 3. The number of pyridine rings is 1. The number of rotatable bonds is 2. The third-order valence-corrected chi connectivity index (χ3v) is 7.10. The highest BCUT2D eigenvalue weighted by Crippen LogP contribution is 2.29. The molecular formula is C30H33N5O6. The number of methoxy groups -OCH3 is 1. The number of carbonyl (C=O) groups excluding carboxylic acids is 3. The molecule has 214 valence electrons. The lowest BCUT2D eigenvalue weighted by Gasteiger charge is -2.38. The number of anilines is 1. The number of hydrogen-bond acceptors (Lipinski definition) is 8. The van der Waals surface area contributed by atoms with Crippen molar-refractivity contribution in [2.45, 2.75) is 38.0 Å². The molecule has 4 bridgehead atoms. The van der Waals surface area contributed by atoms with Crippen molar-refractivity contribution in [1.82, 2.24) is 20.5 Å². The van der Waals surface area contributed by atoms with E-state index in [4.69, 9.17) is 19.9 Å². The van der Waals surface area contributed by atoms with E-state index in [1.165, 1.54) is 7.11 Å². The molecule has 1 fully saturated rings. The van der Waals surface area contributed by atoms with Crippen molar-refractivity contribution in [2.24, 2.45) is 0 Å². The van der Waals surface area contributed by atoms with Gasteiger partial charge in [-0.2, -0.15) is 0 Å². The first-order valence-corrected chi connectivity index (χ1v) is 13.5. The van der Waals surface area contributed by atoms with E-state index >= 15 is 0 Å². The molecule has 3 amide bonds. The molecule has 6 heterocycles. The van der Waals surface area contributed by atoms with E-state index in [1.54, 1.807) is 35.2 Å². The van der Waals surface area contributed by atoms with Crippen molar-refractivity contribution >= 4 is 23.5 Å². The normalized spacial score (nSPS) is 19.7. The number of aromatic nitrogens is 1. The minimum Gasteiger partial charge on any atom is -0.493 e. The summed E-state index contributed by atoms with van der Waals surface area (Å²) < 4.78 is 17.5. The SMILES string of the molecule is COc1cc2ccc1OCC(=O)N[C@@H]1CN(C(=O)c3cccc(N)n3)CC[C@H]1Oc1ccc(cc1)CNC(=O)CC2. The average Bonchev–Trinajstić information content (AvgIpc) is 2.98. The number of nitrogens with one attached hydrogen (secondary N) is 2. The van der Waals surface area contributed by atoms with Crippen LogP contribution in [0.5, 0.6) is 17.2 Å². The Morgan fingerprint density at radius 3 is 2.63 bits per heavy atom. The number of ether oxygens (including phenoxy) is 3. The van der Waals surface area contributed by atoms with Crippen LogP contribution in [0, 0.1) is 0 Å². The molecule has 11 heteroatoms. The number of likely N-dealkylation sites (tertiary alicyclic amines) is 1. The van der Waals surface area contributed by atoms with Crippen molar-refractivity contribution in [2.75, 3.05) is 32.5 Å². The first-order valence-electron chi connectivity index (χ1n) is 13.5. The highest BCUT2D eigenvalue weighted by molar-refractivity contribution is 5.92. The molecule has 0 spiro atoms. The maximum absolute atomic E-state index is 13.2. The van der Waals surface area contributed by atoms with Gasteiger partial charge in [-0.25, -0.2) is 4.98 Å². The van der Waals surface area contributed by atoms with Crippen LogP contribution in [0.4, 0.5) is 5.82 Å². The molecule has 4 N–H and O–H groups in total. The molecular weight excluding hydrogens is 526 g/mol. The molecule has 0 saturated carbocycles. The van der Waals surface area contributed by atoms with Crippen LogP contribution in [0.25, 0.3) is 0 Å². The number of piperidine rings is 1. The van der Waals surface area contributed by atoms with Gasteiger partial charge in [0, 0.05) is 32.5 Å². The molecule has 0 radical (unpaired) electrons. The van der Waals surface area contributed by atoms with Crippen LogP contribution in [0.15, 0.2) is 60.7 Å². The molecule has 5 aliphatic heterocycles. The third-order valence-electron chi connectivity index (χ3n) is 7.10. The van der Waals surface area contributed by atoms with Gasteiger partial charge in [-0.05, 0) is 53.9 Å². The van der Waals surface area contributed by atoms with Gasteiger partial charge in [0.05, 0.1) is 13.2 Å². The van der Waals surface area contributed by atoms with E-state index < -0.39 is 12.1 Å². The zero-order valence-electron chi connectivity index (χ0n) is 22.8. The predicted molar refractivity (Wildman–Crippen MR) is 151 cm³/mol. The molecule has 8 rings (SSSR count). The molecule has 2 atom stereocenters. The van der Waals surface area contributed by atoms with E-state index in [1.807, 2.05) is 30.3 Å². The number of aryl methyl sites for hydroxylation is 1. The van der Waals surface area contributed by atoms with Crippen molar-refractivity contribution in [3.8, 4) is 17.2 Å². The van der Waals surface area contributed by atoms with E-state index in [9.17, 15) is 14.4 Å². The van der Waals surface area contributed by atoms with Crippen LogP contribution in [0.2, 0.25) is 0 Å². The lowest BCUT2D eigenvalue weighted by atomic mass is 10.0. The van der Waals surface area contributed by atoms with Gasteiger partial charge in [-0.15, -0.1) is 0 Å². The van der Waals surface area contributed by atoms with Gasteiger partial charge in [-0.1, -0.05) is 24.3 Å². The lowest BCUT2D eigenvalue weighted by molar-refractivity contribution is -0.125. The zero-order valence-corrected chi connectivity index (χ0v) is 22.8. The second-order valence-corrected chi connectivity index (χ2v) is 10.0. The van der Waals surface area contributed by atoms with Crippen LogP contribution >= 0.6 is 0 Å². The number of nitrogen functional groups attached to an aromatic ring is 1. The lowest BCUT2D eigenvalue weighted by Crippen LogP contribution is -2.58. The van der Waals surface area contributed by atoms with Gasteiger partial charge in [-0.3, -0.25) is 14.4 Å². The number of nitrogens with two attached hydrogens (primary N) is 1. The molecule has 2 aromatic carbocycles. The summed E-state index contributed by atoms with van der Waals surface area (Å²) in [6.07, 6.45) is 0.928. The largest absolute Gasteiger partial charge is 0.493 e. The minimum atomic E-state index is -0.515. The predicted octanol–water partition coefficient (Wildman–Crippen LogP) is 2.09. The van der Waals surface area contributed by atoms with Gasteiger partial charge in [0.2, 0.25) is 5.91 Å². The Bertz CT molecular complexity index is 1410. The van der Waals surface area contributed by atoms with Crippen LogP contribution in [-0.2, 0) is 22.6 Å². The first kappa shape index (κ1) is 27.8. The standard InChI is InChI=1S/C30H33N5O6/c1-39-26-15-19-7-11-25(26)40-18-29(37)34-23-17-35(30(38)22-3-2-4-27(31)33-22)14-13-24(23)41-21-9-5-20(6-10-21)16-32-28(36)12-8-19/h2-7,9-11,15,23-24H,8,12-14,16-18H2,1H3,(H2,31,33)(H,32,36)(H,34,37)/t23-,24-/m1/s1. The topological polar surface area (TPSA) is 145 Å². The van der Waals surface area contributed by atoms with E-state index in [0.29, 0.717) is 49.6 Å². The smallest absolute Gasteiger partial charge is 0.272 e. The van der Waals surface area contributed by atoms with Gasteiger partial charge in [0.15, 0.2) is 18.1 Å². The average molecular weight is 560 g/mol. The van der Waals surface area contributed by atoms with Crippen LogP contribution in [-0.4, -0.2) is 66.6 Å². The molecule has 0 aliphatic carbocycles. The van der Waals surface area contributed by atoms with Gasteiger partial charge < -0.3 is 35.5 Å². The van der Waals surface area contributed by atoms with E-state index in [0.717, 1.165) is 11.1 Å². The van der Waals surface area contributed by atoms with Crippen LogP contribution < -0.4 is 30.6 Å². The minimum absolute atomic E-state index is 0.0618. The molecule has 41 heavy (non-hydrogen) atoms. The number of carbonyl (C=O) groups is 3. The highest BCUT2D eigenvalue weighted by atomic mass is 16.5. The molecule has 3 aromatic rings. The Morgan fingerprint density at radius 1 is 1.05 bits per heavy atom. The fraction of sp³-hybridized carbons (Fsp3) is 0.333. The summed E-state index contributed by atoms with van der Waals surface area (Å²) >= 11 is 0. The zero-order chi connectivity index (χ0) is 28.8. The Kier molecular flexibility index (Phi) is 8.52. The first-order chi connectivity index (χ1) is 19.9. The summed E-state index contributed by atoms with van der Waals surface area (Å²) in [4.78, 5) is 44.5. The van der Waals surface area contributed by atoms with Crippen molar-refractivity contribution in [1.29, 1.82) is 0 Å². The Labute approximate surface area is 238 Å². The Balaban J connectivity index is 1.37. The summed E-state index contributed by atoms with van der Waals surface area (Å²) in [5.41, 5.74) is 7.87. The Morgan fingerprint density at radius 2 is 1.85 bits per heavy atom. The molecule has 1 aromatic heterocycles. The second kappa shape index (κ2) is 12.6. The number of amides is 3. The molecule has 5 aliphatic rings. The van der Waals surface area contributed by atoms with Gasteiger partial charge in [0.25, 0.3) is 11.8 Å². The fourth-order valence-electron chi connectivity index (χ4n) is 4.91. The molecule has 1 saturated heterocycles. The van der Waals surface area contributed by atoms with E-state index in [-0.39, 0.29) is 42.4 Å². The van der Waals surface area contributed by atoms with Crippen LogP contribution in [0.1, 0.15) is 34.5 Å².